The van der Waals surface area contributed by atoms with E-state index < -0.39 is 5.82 Å². The number of benzene rings is 2. The van der Waals surface area contributed by atoms with Crippen LogP contribution in [0.4, 0.5) is 10.1 Å². The van der Waals surface area contributed by atoms with Crippen molar-refractivity contribution in [3.8, 4) is 17.3 Å². The molecule has 26 heavy (non-hydrogen) atoms. The molecule has 4 nitrogen and oxygen atoms in total. The lowest BCUT2D eigenvalue weighted by Gasteiger charge is -2.26. The van der Waals surface area contributed by atoms with E-state index in [1.807, 2.05) is 24.4 Å². The van der Waals surface area contributed by atoms with Crippen LogP contribution >= 0.6 is 0 Å². The minimum Gasteiger partial charge on any atom is -0.360 e. The molecule has 1 aromatic heterocycles. The van der Waals surface area contributed by atoms with Gasteiger partial charge in [0.15, 0.2) is 0 Å². The molecule has 5 heteroatoms. The SMILES string of the molecule is Cc1cccc(-c2cnc([C@H]3CCCN3c3cccc(F)c3C#N)[nH]2)c1. The fourth-order valence-corrected chi connectivity index (χ4v) is 3.67. The number of nitrogens with one attached hydrogen (secondary N) is 1. The minimum absolute atomic E-state index is 0.0162. The molecule has 0 amide bonds. The molecule has 130 valence electrons. The molecule has 0 bridgehead atoms. The van der Waals surface area contributed by atoms with Crippen LogP contribution in [0.1, 0.15) is 35.8 Å². The van der Waals surface area contributed by atoms with Crippen LogP contribution in [0.3, 0.4) is 0 Å². The maximum atomic E-state index is 14.0. The Morgan fingerprint density at radius 2 is 2.12 bits per heavy atom. The van der Waals surface area contributed by atoms with E-state index in [0.717, 1.165) is 36.5 Å². The number of anilines is 1. The number of aromatic amines is 1. The number of aromatic nitrogens is 2. The van der Waals surface area contributed by atoms with Crippen molar-refractivity contribution in [1.82, 2.24) is 9.97 Å². The van der Waals surface area contributed by atoms with E-state index in [0.29, 0.717) is 5.69 Å². The molecule has 2 heterocycles. The van der Waals surface area contributed by atoms with Gasteiger partial charge in [0.2, 0.25) is 0 Å². The third-order valence-electron chi connectivity index (χ3n) is 4.91. The lowest BCUT2D eigenvalue weighted by atomic mass is 10.1. The molecule has 0 saturated carbocycles. The zero-order valence-corrected chi connectivity index (χ0v) is 14.5. The second-order valence-corrected chi connectivity index (χ2v) is 6.65. The van der Waals surface area contributed by atoms with Crippen molar-refractivity contribution in [2.75, 3.05) is 11.4 Å². The summed E-state index contributed by atoms with van der Waals surface area (Å²) in [6.45, 7) is 2.84. The van der Waals surface area contributed by atoms with Crippen LogP contribution in [0.15, 0.2) is 48.7 Å². The summed E-state index contributed by atoms with van der Waals surface area (Å²) in [5.41, 5.74) is 4.00. The van der Waals surface area contributed by atoms with E-state index in [1.54, 1.807) is 6.07 Å². The van der Waals surface area contributed by atoms with Crippen molar-refractivity contribution in [3.05, 3.63) is 71.4 Å². The summed E-state index contributed by atoms with van der Waals surface area (Å²) in [7, 11) is 0. The number of halogens is 1. The molecule has 1 atom stereocenters. The topological polar surface area (TPSA) is 55.7 Å². The molecule has 1 N–H and O–H groups in total. The van der Waals surface area contributed by atoms with Gasteiger partial charge in [-0.3, -0.25) is 0 Å². The van der Waals surface area contributed by atoms with Crippen molar-refractivity contribution in [3.63, 3.8) is 0 Å². The lowest BCUT2D eigenvalue weighted by Crippen LogP contribution is -2.24. The van der Waals surface area contributed by atoms with Crippen LogP contribution in [0, 0.1) is 24.1 Å². The van der Waals surface area contributed by atoms with Gasteiger partial charge < -0.3 is 9.88 Å². The van der Waals surface area contributed by atoms with Crippen molar-refractivity contribution >= 4 is 5.69 Å². The Hall–Kier alpha value is -3.13. The van der Waals surface area contributed by atoms with E-state index >= 15 is 0 Å². The monoisotopic (exact) mass is 346 g/mol. The third-order valence-corrected chi connectivity index (χ3v) is 4.91. The second-order valence-electron chi connectivity index (χ2n) is 6.65. The number of H-pyrrole nitrogens is 1. The maximum Gasteiger partial charge on any atom is 0.143 e. The summed E-state index contributed by atoms with van der Waals surface area (Å²) < 4.78 is 14.0. The number of hydrogen-bond donors (Lipinski definition) is 1. The van der Waals surface area contributed by atoms with Crippen LogP contribution in [0.2, 0.25) is 0 Å². The summed E-state index contributed by atoms with van der Waals surface area (Å²) >= 11 is 0. The van der Waals surface area contributed by atoms with Gasteiger partial charge in [0.25, 0.3) is 0 Å². The Kier molecular flexibility index (Phi) is 4.18. The predicted octanol–water partition coefficient (Wildman–Crippen LogP) is 4.74. The molecule has 0 spiro atoms. The van der Waals surface area contributed by atoms with Gasteiger partial charge >= 0.3 is 0 Å². The van der Waals surface area contributed by atoms with Crippen LogP contribution in [0.5, 0.6) is 0 Å². The second kappa shape index (κ2) is 6.64. The third kappa shape index (κ3) is 2.84. The van der Waals surface area contributed by atoms with Crippen molar-refractivity contribution in [2.45, 2.75) is 25.8 Å². The van der Waals surface area contributed by atoms with Crippen LogP contribution < -0.4 is 4.90 Å². The minimum atomic E-state index is -0.476. The molecule has 0 radical (unpaired) electrons. The molecule has 2 aromatic carbocycles. The summed E-state index contributed by atoms with van der Waals surface area (Å²) in [5.74, 6) is 0.378. The van der Waals surface area contributed by atoms with Crippen LogP contribution in [-0.4, -0.2) is 16.5 Å². The number of rotatable bonds is 3. The Bertz CT molecular complexity index is 986. The van der Waals surface area contributed by atoms with E-state index in [2.05, 4.69) is 40.0 Å². The predicted molar refractivity (Wildman–Crippen MR) is 99.2 cm³/mol. The maximum absolute atomic E-state index is 14.0. The number of hydrogen-bond acceptors (Lipinski definition) is 3. The molecule has 1 fully saturated rings. The van der Waals surface area contributed by atoms with Gasteiger partial charge in [-0.1, -0.05) is 29.8 Å². The standard InChI is InChI=1S/C21H19FN4/c1-14-5-2-6-15(11-14)18-13-24-21(25-18)20-9-4-10-26(20)19-8-3-7-17(22)16(19)12-23/h2-3,5-8,11,13,20H,4,9-10H2,1H3,(H,24,25)/t20-/m1/s1. The molecule has 3 aromatic rings. The molecule has 4 rings (SSSR count). The molecule has 0 aliphatic carbocycles. The van der Waals surface area contributed by atoms with Gasteiger partial charge in [0.05, 0.1) is 23.6 Å². The Labute approximate surface area is 151 Å². The molecule has 1 aliphatic heterocycles. The lowest BCUT2D eigenvalue weighted by molar-refractivity contribution is 0.619. The van der Waals surface area contributed by atoms with Gasteiger partial charge in [-0.15, -0.1) is 0 Å². The van der Waals surface area contributed by atoms with Crippen LogP contribution in [-0.2, 0) is 0 Å². The first-order chi connectivity index (χ1) is 12.7. The molecular formula is C21H19FN4. The highest BCUT2D eigenvalue weighted by Gasteiger charge is 2.30. The average Bonchev–Trinajstić information content (AvgIpc) is 3.30. The molecule has 1 saturated heterocycles. The van der Waals surface area contributed by atoms with E-state index in [1.165, 1.54) is 11.6 Å². The Balaban J connectivity index is 1.68. The normalized spacial score (nSPS) is 16.7. The highest BCUT2D eigenvalue weighted by molar-refractivity contribution is 5.62. The van der Waals surface area contributed by atoms with Gasteiger partial charge in [-0.05, 0) is 43.5 Å². The summed E-state index contributed by atoms with van der Waals surface area (Å²) in [6.07, 6.45) is 3.74. The Morgan fingerprint density at radius 3 is 2.92 bits per heavy atom. The van der Waals surface area contributed by atoms with Crippen LogP contribution in [0.25, 0.3) is 11.3 Å². The zero-order chi connectivity index (χ0) is 18.1. The number of aryl methyl sites for hydroxylation is 1. The highest BCUT2D eigenvalue weighted by Crippen LogP contribution is 2.37. The summed E-state index contributed by atoms with van der Waals surface area (Å²) in [4.78, 5) is 10.1. The smallest absolute Gasteiger partial charge is 0.143 e. The molecule has 1 aliphatic rings. The average molecular weight is 346 g/mol. The number of imidazole rings is 1. The van der Waals surface area contributed by atoms with Gasteiger partial charge in [-0.2, -0.15) is 5.26 Å². The zero-order valence-electron chi connectivity index (χ0n) is 14.5. The summed E-state index contributed by atoms with van der Waals surface area (Å²) in [6, 6.07) is 15.1. The van der Waals surface area contributed by atoms with Gasteiger partial charge in [0, 0.05) is 6.54 Å². The van der Waals surface area contributed by atoms with E-state index in [-0.39, 0.29) is 11.6 Å². The first-order valence-corrected chi connectivity index (χ1v) is 8.74. The fourth-order valence-electron chi connectivity index (χ4n) is 3.67. The summed E-state index contributed by atoms with van der Waals surface area (Å²) in [5, 5.41) is 9.36. The Morgan fingerprint density at radius 1 is 1.27 bits per heavy atom. The first-order valence-electron chi connectivity index (χ1n) is 8.74. The largest absolute Gasteiger partial charge is 0.360 e. The van der Waals surface area contributed by atoms with Gasteiger partial charge in [0.1, 0.15) is 23.3 Å². The molecular weight excluding hydrogens is 327 g/mol. The molecule has 0 unspecified atom stereocenters. The number of nitriles is 1. The number of nitrogens with zero attached hydrogens (tertiary/aromatic N) is 3. The quantitative estimate of drug-likeness (QED) is 0.745. The van der Waals surface area contributed by atoms with Crippen molar-refractivity contribution in [1.29, 1.82) is 5.26 Å². The van der Waals surface area contributed by atoms with E-state index in [4.69, 9.17) is 0 Å². The highest BCUT2D eigenvalue weighted by atomic mass is 19.1. The van der Waals surface area contributed by atoms with E-state index in [9.17, 15) is 9.65 Å². The van der Waals surface area contributed by atoms with Crippen molar-refractivity contribution in [2.24, 2.45) is 0 Å². The van der Waals surface area contributed by atoms with Gasteiger partial charge in [-0.25, -0.2) is 9.37 Å². The van der Waals surface area contributed by atoms with Crippen molar-refractivity contribution < 1.29 is 4.39 Å². The first kappa shape index (κ1) is 16.3. The fraction of sp³-hybridized carbons (Fsp3) is 0.238.